The highest BCUT2D eigenvalue weighted by Gasteiger charge is 2.52. The Morgan fingerprint density at radius 1 is 1.45 bits per heavy atom. The third-order valence-corrected chi connectivity index (χ3v) is 1.71. The molecule has 4 atom stereocenters. The van der Waals surface area contributed by atoms with Crippen molar-refractivity contribution in [2.24, 2.45) is 5.73 Å². The molecule has 0 aromatic heterocycles. The second-order valence-corrected chi connectivity index (χ2v) is 2.54. The number of aliphatic hydroxyl groups excluding tert-OH is 3. The van der Waals surface area contributed by atoms with Crippen LogP contribution in [0.4, 0.5) is 0 Å². The fourth-order valence-electron chi connectivity index (χ4n) is 0.936. The van der Waals surface area contributed by atoms with Gasteiger partial charge in [-0.2, -0.15) is 0 Å². The maximum Gasteiger partial charge on any atom is 0.200 e. The molecule has 1 aliphatic rings. The van der Waals surface area contributed by atoms with Crippen molar-refractivity contribution in [3.8, 4) is 0 Å². The van der Waals surface area contributed by atoms with Crippen LogP contribution in [0, 0.1) is 0 Å². The van der Waals surface area contributed by atoms with Gasteiger partial charge in [0.25, 0.3) is 0 Å². The third kappa shape index (κ3) is 1.24. The highest BCUT2D eigenvalue weighted by molar-refractivity contribution is 4.94. The molecule has 0 unspecified atom stereocenters. The van der Waals surface area contributed by atoms with Crippen LogP contribution >= 0.6 is 0 Å². The van der Waals surface area contributed by atoms with Crippen molar-refractivity contribution < 1.29 is 25.2 Å². The largest absolute Gasteiger partial charge is 0.394 e. The van der Waals surface area contributed by atoms with Crippen LogP contribution in [0.3, 0.4) is 0 Å². The van der Waals surface area contributed by atoms with E-state index in [1.54, 1.807) is 0 Å². The van der Waals surface area contributed by atoms with E-state index in [4.69, 9.17) is 26.2 Å². The monoisotopic (exact) mass is 165 g/mol. The molecule has 0 radical (unpaired) electrons. The molecule has 1 saturated heterocycles. The minimum absolute atomic E-state index is 0.502. The average molecular weight is 165 g/mol. The van der Waals surface area contributed by atoms with Crippen LogP contribution in [0.5, 0.6) is 0 Å². The highest BCUT2D eigenvalue weighted by atomic mass is 16.7. The molecule has 6 nitrogen and oxygen atoms in total. The first kappa shape index (κ1) is 8.85. The van der Waals surface area contributed by atoms with Crippen LogP contribution < -0.4 is 5.73 Å². The fraction of sp³-hybridized carbons (Fsp3) is 1.00. The molecule has 0 aliphatic carbocycles. The van der Waals surface area contributed by atoms with Crippen molar-refractivity contribution in [3.05, 3.63) is 0 Å². The summed E-state index contributed by atoms with van der Waals surface area (Å²) in [7, 11) is 0. The van der Waals surface area contributed by atoms with Gasteiger partial charge in [-0.15, -0.1) is 0 Å². The predicted molar refractivity (Wildman–Crippen MR) is 33.1 cm³/mol. The molecule has 0 aromatic carbocycles. The van der Waals surface area contributed by atoms with E-state index in [0.29, 0.717) is 0 Å². The molecule has 6 heteroatoms. The van der Waals surface area contributed by atoms with E-state index < -0.39 is 30.8 Å². The van der Waals surface area contributed by atoms with Gasteiger partial charge in [-0.25, -0.2) is 0 Å². The summed E-state index contributed by atoms with van der Waals surface area (Å²) in [6.45, 7) is -0.502. The van der Waals surface area contributed by atoms with Gasteiger partial charge in [0.2, 0.25) is 6.29 Å². The Bertz CT molecular complexity index is 150. The van der Waals surface area contributed by atoms with Gasteiger partial charge in [0.15, 0.2) is 5.72 Å². The molecule has 0 spiro atoms. The molecule has 0 amide bonds. The van der Waals surface area contributed by atoms with E-state index in [-0.39, 0.29) is 0 Å². The van der Waals surface area contributed by atoms with Crippen LogP contribution in [0.25, 0.3) is 0 Å². The van der Waals surface area contributed by atoms with Crippen molar-refractivity contribution in [1.29, 1.82) is 0 Å². The molecule has 1 rings (SSSR count). The Labute approximate surface area is 62.8 Å². The molecular weight excluding hydrogens is 154 g/mol. The van der Waals surface area contributed by atoms with Crippen molar-refractivity contribution in [2.75, 3.05) is 6.61 Å². The Morgan fingerprint density at radius 3 is 2.18 bits per heavy atom. The zero-order chi connectivity index (χ0) is 8.65. The molecule has 1 fully saturated rings. The smallest absolute Gasteiger partial charge is 0.200 e. The molecule has 1 aliphatic heterocycles. The summed E-state index contributed by atoms with van der Waals surface area (Å²) in [5.74, 6) is 0. The first-order valence-corrected chi connectivity index (χ1v) is 3.14. The summed E-state index contributed by atoms with van der Waals surface area (Å²) in [6, 6.07) is 0. The summed E-state index contributed by atoms with van der Waals surface area (Å²) >= 11 is 0. The van der Waals surface area contributed by atoms with Crippen molar-refractivity contribution >= 4 is 0 Å². The number of aliphatic hydroxyl groups is 4. The van der Waals surface area contributed by atoms with Gasteiger partial charge >= 0.3 is 0 Å². The summed E-state index contributed by atoms with van der Waals surface area (Å²) in [6.07, 6.45) is -4.16. The second kappa shape index (κ2) is 2.67. The van der Waals surface area contributed by atoms with Crippen molar-refractivity contribution in [2.45, 2.75) is 24.2 Å². The van der Waals surface area contributed by atoms with E-state index in [2.05, 4.69) is 4.74 Å². The summed E-state index contributed by atoms with van der Waals surface area (Å²) in [5.41, 5.74) is 2.86. The van der Waals surface area contributed by atoms with Crippen LogP contribution in [0.15, 0.2) is 0 Å². The Kier molecular flexibility index (Phi) is 2.15. The Balaban J connectivity index is 2.71. The lowest BCUT2D eigenvalue weighted by molar-refractivity contribution is -0.174. The first-order chi connectivity index (χ1) is 5.00. The fourth-order valence-corrected chi connectivity index (χ4v) is 0.936. The van der Waals surface area contributed by atoms with E-state index >= 15 is 0 Å². The number of hydrogen-bond acceptors (Lipinski definition) is 6. The average Bonchev–Trinajstić information content (AvgIpc) is 2.14. The lowest BCUT2D eigenvalue weighted by atomic mass is 10.1. The predicted octanol–water partition coefficient (Wildman–Crippen LogP) is -3.30. The van der Waals surface area contributed by atoms with Gasteiger partial charge in [-0.05, 0) is 0 Å². The SMILES string of the molecule is N[C@@]1(O)[C@H](O)O[C@@H](CO)[C@@H]1O. The van der Waals surface area contributed by atoms with Crippen LogP contribution in [-0.2, 0) is 4.74 Å². The van der Waals surface area contributed by atoms with Crippen molar-refractivity contribution in [1.82, 2.24) is 0 Å². The zero-order valence-electron chi connectivity index (χ0n) is 5.71. The molecule has 0 saturated carbocycles. The number of hydrogen-bond donors (Lipinski definition) is 5. The van der Waals surface area contributed by atoms with E-state index in [1.807, 2.05) is 0 Å². The molecule has 11 heavy (non-hydrogen) atoms. The normalized spacial score (nSPS) is 51.5. The molecule has 1 heterocycles. The standard InChI is InChI=1S/C5H11NO5/c6-5(10)3(8)2(1-7)11-4(5)9/h2-4,7-10H,1,6H2/t2-,3-,4+,5-/m0/s1. The zero-order valence-corrected chi connectivity index (χ0v) is 5.71. The molecular formula is C5H11NO5. The highest BCUT2D eigenvalue weighted by Crippen LogP contribution is 2.24. The van der Waals surface area contributed by atoms with Crippen LogP contribution in [-0.4, -0.2) is 51.3 Å². The topological polar surface area (TPSA) is 116 Å². The molecule has 0 bridgehead atoms. The molecule has 66 valence electrons. The van der Waals surface area contributed by atoms with E-state index in [9.17, 15) is 0 Å². The lowest BCUT2D eigenvalue weighted by Crippen LogP contribution is -2.56. The minimum atomic E-state index is -2.19. The van der Waals surface area contributed by atoms with Gasteiger partial charge < -0.3 is 25.2 Å². The third-order valence-electron chi connectivity index (χ3n) is 1.71. The molecule has 0 aromatic rings. The summed E-state index contributed by atoms with van der Waals surface area (Å²) in [5, 5.41) is 35.5. The Morgan fingerprint density at radius 2 is 2.00 bits per heavy atom. The van der Waals surface area contributed by atoms with Crippen LogP contribution in [0.2, 0.25) is 0 Å². The summed E-state index contributed by atoms with van der Waals surface area (Å²) < 4.78 is 4.52. The first-order valence-electron chi connectivity index (χ1n) is 3.14. The lowest BCUT2D eigenvalue weighted by Gasteiger charge is -2.22. The van der Waals surface area contributed by atoms with Gasteiger partial charge in [-0.1, -0.05) is 0 Å². The number of rotatable bonds is 1. The Hall–Kier alpha value is -0.240. The minimum Gasteiger partial charge on any atom is -0.394 e. The van der Waals surface area contributed by atoms with Gasteiger partial charge in [0.1, 0.15) is 12.2 Å². The maximum atomic E-state index is 9.07. The second-order valence-electron chi connectivity index (χ2n) is 2.54. The van der Waals surface area contributed by atoms with Crippen molar-refractivity contribution in [3.63, 3.8) is 0 Å². The van der Waals surface area contributed by atoms with Gasteiger partial charge in [-0.3, -0.25) is 5.73 Å². The summed E-state index contributed by atoms with van der Waals surface area (Å²) in [4.78, 5) is 0. The molecule has 6 N–H and O–H groups in total. The van der Waals surface area contributed by atoms with E-state index in [0.717, 1.165) is 0 Å². The quantitative estimate of drug-likeness (QED) is 0.260. The van der Waals surface area contributed by atoms with E-state index in [1.165, 1.54) is 0 Å². The number of nitrogens with two attached hydrogens (primary N) is 1. The number of ether oxygens (including phenoxy) is 1. The van der Waals surface area contributed by atoms with Gasteiger partial charge in [0.05, 0.1) is 6.61 Å². The van der Waals surface area contributed by atoms with Crippen LogP contribution in [0.1, 0.15) is 0 Å². The maximum absolute atomic E-state index is 9.07. The van der Waals surface area contributed by atoms with Gasteiger partial charge in [0, 0.05) is 0 Å².